The zero-order chi connectivity index (χ0) is 20.0. The molecule has 0 bridgehead atoms. The van der Waals surface area contributed by atoms with E-state index in [1.54, 1.807) is 38.1 Å². The van der Waals surface area contributed by atoms with Crippen molar-refractivity contribution in [2.24, 2.45) is 5.92 Å². The normalized spacial score (nSPS) is 11.6. The van der Waals surface area contributed by atoms with Crippen LogP contribution >= 0.6 is 0 Å². The van der Waals surface area contributed by atoms with Crippen LogP contribution in [0.2, 0.25) is 0 Å². The molecule has 0 radical (unpaired) electrons. The van der Waals surface area contributed by atoms with E-state index in [4.69, 9.17) is 9.47 Å². The van der Waals surface area contributed by atoms with Gasteiger partial charge in [0.15, 0.2) is 0 Å². The number of carbonyl (C=O) groups is 2. The van der Waals surface area contributed by atoms with Crippen LogP contribution in [-0.2, 0) is 4.79 Å². The fraction of sp³-hybridized carbons (Fsp3) is 0.300. The Labute approximate surface area is 157 Å². The molecule has 2 N–H and O–H groups in total. The molecule has 0 saturated heterocycles. The molecule has 0 aliphatic carbocycles. The van der Waals surface area contributed by atoms with Gasteiger partial charge in [-0.1, -0.05) is 26.0 Å². The quantitative estimate of drug-likeness (QED) is 0.780. The average Bonchev–Trinajstić information content (AvgIpc) is 2.66. The van der Waals surface area contributed by atoms with Crippen molar-refractivity contribution in [3.63, 3.8) is 0 Å². The second-order valence-corrected chi connectivity index (χ2v) is 6.27. The van der Waals surface area contributed by atoms with Gasteiger partial charge < -0.3 is 20.1 Å². The molecule has 0 aliphatic heterocycles. The molecule has 6 nitrogen and oxygen atoms in total. The molecule has 1 atom stereocenters. The largest absolute Gasteiger partial charge is 0.497 e. The summed E-state index contributed by atoms with van der Waals surface area (Å²) in [5, 5.41) is 5.21. The van der Waals surface area contributed by atoms with Crippen LogP contribution in [0.1, 0.15) is 24.2 Å². The highest BCUT2D eigenvalue weighted by Crippen LogP contribution is 2.23. The Morgan fingerprint density at radius 2 is 1.59 bits per heavy atom. The molecule has 0 aliphatic rings. The molecule has 0 fully saturated rings. The number of benzene rings is 2. The lowest BCUT2D eigenvalue weighted by molar-refractivity contribution is -0.118. The summed E-state index contributed by atoms with van der Waals surface area (Å²) < 4.78 is 24.1. The third-order valence-electron chi connectivity index (χ3n) is 3.98. The summed E-state index contributed by atoms with van der Waals surface area (Å²) in [6.07, 6.45) is 0. The van der Waals surface area contributed by atoms with Gasteiger partial charge in [0.25, 0.3) is 5.91 Å². The highest BCUT2D eigenvalue weighted by molar-refractivity contribution is 6.01. The Morgan fingerprint density at radius 3 is 2.11 bits per heavy atom. The number of amides is 2. The molecule has 2 aromatic rings. The van der Waals surface area contributed by atoms with Crippen LogP contribution in [-0.4, -0.2) is 32.1 Å². The lowest BCUT2D eigenvalue weighted by Crippen LogP contribution is -2.47. The molecule has 2 amide bonds. The van der Waals surface area contributed by atoms with Crippen LogP contribution < -0.4 is 20.1 Å². The molecule has 2 aromatic carbocycles. The Bertz CT molecular complexity index is 801. The Morgan fingerprint density at radius 1 is 1.00 bits per heavy atom. The number of rotatable bonds is 7. The standard InChI is InChI=1S/C20H23FN2O4/c1-12(2)18(20(25)22-17-8-6-5-7-16(17)21)23-19(24)13-9-14(26-3)11-15(10-13)27-4/h5-12,18H,1-4H3,(H,22,25)(H,23,24). The predicted molar refractivity (Wildman–Crippen MR) is 101 cm³/mol. The van der Waals surface area contributed by atoms with Gasteiger partial charge in [0.1, 0.15) is 23.4 Å². The van der Waals surface area contributed by atoms with E-state index in [0.717, 1.165) is 0 Å². The fourth-order valence-electron chi connectivity index (χ4n) is 2.47. The van der Waals surface area contributed by atoms with E-state index in [2.05, 4.69) is 10.6 Å². The number of carbonyl (C=O) groups excluding carboxylic acids is 2. The van der Waals surface area contributed by atoms with Gasteiger partial charge >= 0.3 is 0 Å². The second-order valence-electron chi connectivity index (χ2n) is 6.27. The zero-order valence-electron chi connectivity index (χ0n) is 15.7. The first-order valence-electron chi connectivity index (χ1n) is 8.45. The van der Waals surface area contributed by atoms with Crippen molar-refractivity contribution in [1.29, 1.82) is 0 Å². The molecule has 27 heavy (non-hydrogen) atoms. The first kappa shape index (κ1) is 20.2. The summed E-state index contributed by atoms with van der Waals surface area (Å²) in [6, 6.07) is 9.73. The van der Waals surface area contributed by atoms with Crippen LogP contribution in [0, 0.1) is 11.7 Å². The van der Waals surface area contributed by atoms with Gasteiger partial charge in [-0.25, -0.2) is 4.39 Å². The van der Waals surface area contributed by atoms with Crippen molar-refractivity contribution in [3.8, 4) is 11.5 Å². The van der Waals surface area contributed by atoms with Gasteiger partial charge in [-0.15, -0.1) is 0 Å². The Kier molecular flexibility index (Phi) is 6.76. The monoisotopic (exact) mass is 374 g/mol. The number of para-hydroxylation sites is 1. The van der Waals surface area contributed by atoms with E-state index in [-0.39, 0.29) is 17.2 Å². The second kappa shape index (κ2) is 9.02. The van der Waals surface area contributed by atoms with E-state index >= 15 is 0 Å². The molecular formula is C20H23FN2O4. The number of hydrogen-bond donors (Lipinski definition) is 2. The fourth-order valence-corrected chi connectivity index (χ4v) is 2.47. The van der Waals surface area contributed by atoms with Gasteiger partial charge in [-0.05, 0) is 30.2 Å². The third-order valence-corrected chi connectivity index (χ3v) is 3.98. The third kappa shape index (κ3) is 5.20. The Balaban J connectivity index is 2.19. The molecule has 7 heteroatoms. The van der Waals surface area contributed by atoms with Crippen LogP contribution in [0.15, 0.2) is 42.5 Å². The summed E-state index contributed by atoms with van der Waals surface area (Å²) >= 11 is 0. The summed E-state index contributed by atoms with van der Waals surface area (Å²) in [5.41, 5.74) is 0.348. The van der Waals surface area contributed by atoms with Crippen LogP contribution in [0.25, 0.3) is 0 Å². The van der Waals surface area contributed by atoms with Gasteiger partial charge in [-0.3, -0.25) is 9.59 Å². The van der Waals surface area contributed by atoms with E-state index in [0.29, 0.717) is 11.5 Å². The highest BCUT2D eigenvalue weighted by atomic mass is 19.1. The topological polar surface area (TPSA) is 76.7 Å². The average molecular weight is 374 g/mol. The van der Waals surface area contributed by atoms with E-state index in [9.17, 15) is 14.0 Å². The molecule has 0 saturated carbocycles. The van der Waals surface area contributed by atoms with Crippen LogP contribution in [0.4, 0.5) is 10.1 Å². The SMILES string of the molecule is COc1cc(OC)cc(C(=O)NC(C(=O)Nc2ccccc2F)C(C)C)c1. The summed E-state index contributed by atoms with van der Waals surface area (Å²) in [5.74, 6) is -0.814. The molecule has 2 rings (SSSR count). The first-order chi connectivity index (χ1) is 12.8. The van der Waals surface area contributed by atoms with Gasteiger partial charge in [0.2, 0.25) is 5.91 Å². The molecule has 0 spiro atoms. The summed E-state index contributed by atoms with van der Waals surface area (Å²) in [7, 11) is 2.96. The number of ether oxygens (including phenoxy) is 2. The maximum atomic E-state index is 13.8. The van der Waals surface area contributed by atoms with Crippen molar-refractivity contribution in [2.75, 3.05) is 19.5 Å². The highest BCUT2D eigenvalue weighted by Gasteiger charge is 2.26. The van der Waals surface area contributed by atoms with Crippen molar-refractivity contribution < 1.29 is 23.5 Å². The smallest absolute Gasteiger partial charge is 0.252 e. The van der Waals surface area contributed by atoms with Gasteiger partial charge in [-0.2, -0.15) is 0 Å². The maximum Gasteiger partial charge on any atom is 0.252 e. The van der Waals surface area contributed by atoms with Crippen LogP contribution in [0.3, 0.4) is 0 Å². The van der Waals surface area contributed by atoms with E-state index < -0.39 is 23.7 Å². The molecule has 0 aromatic heterocycles. The molecular weight excluding hydrogens is 351 g/mol. The minimum Gasteiger partial charge on any atom is -0.497 e. The lowest BCUT2D eigenvalue weighted by Gasteiger charge is -2.22. The van der Waals surface area contributed by atoms with Crippen molar-refractivity contribution in [1.82, 2.24) is 5.32 Å². The lowest BCUT2D eigenvalue weighted by atomic mass is 10.0. The van der Waals surface area contributed by atoms with Gasteiger partial charge in [0, 0.05) is 11.6 Å². The minimum absolute atomic E-state index is 0.0606. The number of nitrogens with one attached hydrogen (secondary N) is 2. The number of methoxy groups -OCH3 is 2. The van der Waals surface area contributed by atoms with Gasteiger partial charge in [0.05, 0.1) is 19.9 Å². The number of anilines is 1. The van der Waals surface area contributed by atoms with E-state index in [1.165, 1.54) is 32.4 Å². The first-order valence-corrected chi connectivity index (χ1v) is 8.45. The molecule has 144 valence electrons. The zero-order valence-corrected chi connectivity index (χ0v) is 15.7. The van der Waals surface area contributed by atoms with E-state index in [1.807, 2.05) is 0 Å². The van der Waals surface area contributed by atoms with Crippen molar-refractivity contribution in [3.05, 3.63) is 53.8 Å². The summed E-state index contributed by atoms with van der Waals surface area (Å²) in [4.78, 5) is 25.2. The van der Waals surface area contributed by atoms with Crippen molar-refractivity contribution >= 4 is 17.5 Å². The Hall–Kier alpha value is -3.09. The van der Waals surface area contributed by atoms with Crippen molar-refractivity contribution in [2.45, 2.75) is 19.9 Å². The summed E-state index contributed by atoms with van der Waals surface area (Å²) in [6.45, 7) is 3.58. The predicted octanol–water partition coefficient (Wildman–Crippen LogP) is 3.24. The van der Waals surface area contributed by atoms with Crippen LogP contribution in [0.5, 0.6) is 11.5 Å². The number of hydrogen-bond acceptors (Lipinski definition) is 4. The maximum absolute atomic E-state index is 13.8. The molecule has 0 heterocycles. The number of halogens is 1. The minimum atomic E-state index is -0.852. The molecule has 1 unspecified atom stereocenters.